The Hall–Kier alpha value is -2.28. The standard InChI is InChI=1S/C24H36ClN3O4/c1-17(2)14-21(27(6)23(30)32-24(3,4)5)22(29)28-12-10-20(11-13-28)26-31-16-18-8-7-9-19(25)15-18/h7-9,15,17,21H,10-14,16H2,1-6H3/t21-/m0/s1. The van der Waals surface area contributed by atoms with Crippen molar-refractivity contribution in [2.45, 2.75) is 72.1 Å². The van der Waals surface area contributed by atoms with Gasteiger partial charge >= 0.3 is 6.09 Å². The van der Waals surface area contributed by atoms with Gasteiger partial charge in [0, 0.05) is 38.0 Å². The average Bonchev–Trinajstić information content (AvgIpc) is 2.70. The molecule has 8 heteroatoms. The van der Waals surface area contributed by atoms with Crippen molar-refractivity contribution in [3.63, 3.8) is 0 Å². The van der Waals surface area contributed by atoms with Crippen LogP contribution in [0, 0.1) is 5.92 Å². The van der Waals surface area contributed by atoms with E-state index in [1.807, 2.05) is 63.8 Å². The molecule has 32 heavy (non-hydrogen) atoms. The molecule has 7 nitrogen and oxygen atoms in total. The van der Waals surface area contributed by atoms with Crippen molar-refractivity contribution < 1.29 is 19.2 Å². The van der Waals surface area contributed by atoms with Crippen LogP contribution in [0.2, 0.25) is 5.02 Å². The first-order valence-corrected chi connectivity index (χ1v) is 11.5. The number of likely N-dealkylation sites (N-methyl/N-ethyl adjacent to an activating group) is 1. The Morgan fingerprint density at radius 3 is 2.44 bits per heavy atom. The van der Waals surface area contributed by atoms with Crippen LogP contribution >= 0.6 is 11.6 Å². The summed E-state index contributed by atoms with van der Waals surface area (Å²) in [7, 11) is 1.64. The molecule has 1 fully saturated rings. The van der Waals surface area contributed by atoms with E-state index in [-0.39, 0.29) is 11.8 Å². The first-order chi connectivity index (χ1) is 15.0. The number of piperidine rings is 1. The fourth-order valence-corrected chi connectivity index (χ4v) is 3.66. The molecule has 1 heterocycles. The zero-order valence-corrected chi connectivity index (χ0v) is 20.8. The molecule has 0 saturated carbocycles. The molecule has 0 bridgehead atoms. The Kier molecular flexibility index (Phi) is 9.37. The predicted molar refractivity (Wildman–Crippen MR) is 127 cm³/mol. The lowest BCUT2D eigenvalue weighted by molar-refractivity contribution is -0.137. The first-order valence-electron chi connectivity index (χ1n) is 11.1. The molecular weight excluding hydrogens is 430 g/mol. The maximum Gasteiger partial charge on any atom is 0.410 e. The van der Waals surface area contributed by atoms with Gasteiger partial charge in [-0.2, -0.15) is 0 Å². The number of carbonyl (C=O) groups is 2. The predicted octanol–water partition coefficient (Wildman–Crippen LogP) is 5.12. The van der Waals surface area contributed by atoms with Crippen molar-refractivity contribution in [2.24, 2.45) is 11.1 Å². The van der Waals surface area contributed by atoms with Crippen LogP contribution in [0.3, 0.4) is 0 Å². The van der Waals surface area contributed by atoms with Crippen molar-refractivity contribution in [1.82, 2.24) is 9.80 Å². The minimum Gasteiger partial charge on any atom is -0.444 e. The Balaban J connectivity index is 1.93. The minimum atomic E-state index is -0.613. The molecule has 0 spiro atoms. The van der Waals surface area contributed by atoms with Crippen LogP contribution in [0.1, 0.15) is 59.4 Å². The lowest BCUT2D eigenvalue weighted by atomic mass is 10.00. The normalized spacial score (nSPS) is 15.4. The molecule has 0 radical (unpaired) electrons. The minimum absolute atomic E-state index is 0.0500. The summed E-state index contributed by atoms with van der Waals surface area (Å²) >= 11 is 5.99. The number of benzene rings is 1. The summed E-state index contributed by atoms with van der Waals surface area (Å²) in [6.45, 7) is 11.0. The smallest absolute Gasteiger partial charge is 0.410 e. The molecule has 0 aromatic heterocycles. The summed E-state index contributed by atoms with van der Waals surface area (Å²) in [6, 6.07) is 6.92. The van der Waals surface area contributed by atoms with Gasteiger partial charge in [0.15, 0.2) is 0 Å². The van der Waals surface area contributed by atoms with Crippen molar-refractivity contribution >= 4 is 29.3 Å². The van der Waals surface area contributed by atoms with Crippen molar-refractivity contribution in [1.29, 1.82) is 0 Å². The van der Waals surface area contributed by atoms with Gasteiger partial charge in [-0.3, -0.25) is 9.69 Å². The highest BCUT2D eigenvalue weighted by atomic mass is 35.5. The topological polar surface area (TPSA) is 71.4 Å². The number of hydrogen-bond donors (Lipinski definition) is 0. The Bertz CT molecular complexity index is 810. The second-order valence-corrected chi connectivity index (χ2v) is 10.1. The molecular formula is C24H36ClN3O4. The van der Waals surface area contributed by atoms with Crippen molar-refractivity contribution in [3.05, 3.63) is 34.9 Å². The van der Waals surface area contributed by atoms with E-state index < -0.39 is 17.7 Å². The van der Waals surface area contributed by atoms with E-state index in [2.05, 4.69) is 5.16 Å². The van der Waals surface area contributed by atoms with Crippen LogP contribution in [0.25, 0.3) is 0 Å². The monoisotopic (exact) mass is 465 g/mol. The summed E-state index contributed by atoms with van der Waals surface area (Å²) in [4.78, 5) is 34.6. The third-order valence-corrected chi connectivity index (χ3v) is 5.33. The van der Waals surface area contributed by atoms with Crippen LogP contribution in [-0.4, -0.2) is 59.3 Å². The van der Waals surface area contributed by atoms with Crippen LogP contribution in [-0.2, 0) is 21.0 Å². The van der Waals surface area contributed by atoms with Crippen LogP contribution in [0.15, 0.2) is 29.4 Å². The lowest BCUT2D eigenvalue weighted by Crippen LogP contribution is -2.52. The molecule has 0 aliphatic carbocycles. The highest BCUT2D eigenvalue weighted by Crippen LogP contribution is 2.19. The van der Waals surface area contributed by atoms with Crippen molar-refractivity contribution in [2.75, 3.05) is 20.1 Å². The molecule has 178 valence electrons. The van der Waals surface area contributed by atoms with Crippen LogP contribution in [0.4, 0.5) is 4.79 Å². The first kappa shape index (κ1) is 26.0. The molecule has 1 aromatic rings. The molecule has 2 amide bonds. The Labute approximate surface area is 196 Å². The number of carbonyl (C=O) groups excluding carboxylic acids is 2. The molecule has 1 aliphatic heterocycles. The molecule has 0 unspecified atom stereocenters. The molecule has 2 rings (SSSR count). The number of halogens is 1. The van der Waals surface area contributed by atoms with E-state index in [0.717, 1.165) is 11.3 Å². The van der Waals surface area contributed by atoms with E-state index in [9.17, 15) is 9.59 Å². The number of ether oxygens (including phenoxy) is 1. The van der Waals surface area contributed by atoms with Gasteiger partial charge in [0.25, 0.3) is 0 Å². The summed E-state index contributed by atoms with van der Waals surface area (Å²) in [5, 5.41) is 4.91. The van der Waals surface area contributed by atoms with Gasteiger partial charge in [-0.15, -0.1) is 0 Å². The summed E-state index contributed by atoms with van der Waals surface area (Å²) in [5.41, 5.74) is 1.27. The van der Waals surface area contributed by atoms with Gasteiger partial charge in [0.2, 0.25) is 5.91 Å². The summed E-state index contributed by atoms with van der Waals surface area (Å²) in [6.07, 6.45) is 1.39. The maximum atomic E-state index is 13.3. The van der Waals surface area contributed by atoms with Gasteiger partial charge in [-0.25, -0.2) is 4.79 Å². The SMILES string of the molecule is CC(C)C[C@@H](C(=O)N1CCC(=NOCc2cccc(Cl)c2)CC1)N(C)C(=O)OC(C)(C)C. The zero-order valence-electron chi connectivity index (χ0n) is 20.1. The molecule has 0 N–H and O–H groups in total. The van der Waals surface area contributed by atoms with Gasteiger partial charge in [-0.1, -0.05) is 42.7 Å². The highest BCUT2D eigenvalue weighted by molar-refractivity contribution is 6.30. The van der Waals surface area contributed by atoms with Gasteiger partial charge in [-0.05, 0) is 50.8 Å². The number of likely N-dealkylation sites (tertiary alicyclic amines) is 1. The van der Waals surface area contributed by atoms with E-state index in [4.69, 9.17) is 21.2 Å². The summed E-state index contributed by atoms with van der Waals surface area (Å²) in [5.74, 6) is 0.210. The number of nitrogens with zero attached hydrogens (tertiary/aromatic N) is 3. The molecule has 1 saturated heterocycles. The highest BCUT2D eigenvalue weighted by Gasteiger charge is 2.34. The van der Waals surface area contributed by atoms with Crippen LogP contribution in [0.5, 0.6) is 0 Å². The fourth-order valence-electron chi connectivity index (χ4n) is 3.44. The molecule has 1 atom stereocenters. The quantitative estimate of drug-likeness (QED) is 0.524. The Morgan fingerprint density at radius 1 is 1.22 bits per heavy atom. The van der Waals surface area contributed by atoms with E-state index >= 15 is 0 Å². The zero-order chi connectivity index (χ0) is 23.9. The van der Waals surface area contributed by atoms with E-state index in [1.165, 1.54) is 4.90 Å². The third kappa shape index (κ3) is 8.34. The second-order valence-electron chi connectivity index (χ2n) is 9.62. The summed E-state index contributed by atoms with van der Waals surface area (Å²) < 4.78 is 5.48. The van der Waals surface area contributed by atoms with Gasteiger partial charge in [0.1, 0.15) is 18.2 Å². The fraction of sp³-hybridized carbons (Fsp3) is 0.625. The average molecular weight is 466 g/mol. The lowest BCUT2D eigenvalue weighted by Gasteiger charge is -2.36. The third-order valence-electron chi connectivity index (χ3n) is 5.09. The maximum absolute atomic E-state index is 13.3. The van der Waals surface area contributed by atoms with E-state index in [0.29, 0.717) is 44.0 Å². The van der Waals surface area contributed by atoms with Gasteiger partial charge < -0.3 is 14.5 Å². The molecule has 1 aliphatic rings. The number of rotatable bonds is 7. The van der Waals surface area contributed by atoms with Gasteiger partial charge in [0.05, 0.1) is 5.71 Å². The second kappa shape index (κ2) is 11.5. The largest absolute Gasteiger partial charge is 0.444 e. The number of amides is 2. The Morgan fingerprint density at radius 2 is 1.88 bits per heavy atom. The molecule has 1 aromatic carbocycles. The van der Waals surface area contributed by atoms with Crippen molar-refractivity contribution in [3.8, 4) is 0 Å². The van der Waals surface area contributed by atoms with E-state index in [1.54, 1.807) is 7.05 Å². The van der Waals surface area contributed by atoms with Crippen LogP contribution < -0.4 is 0 Å². The number of hydrogen-bond acceptors (Lipinski definition) is 5. The number of oxime groups is 1.